The number of carbonyl (C=O) groups excluding carboxylic acids is 1. The maximum Gasteiger partial charge on any atom is 0.410 e. The van der Waals surface area contributed by atoms with E-state index in [0.717, 1.165) is 43.4 Å². The summed E-state index contributed by atoms with van der Waals surface area (Å²) in [6.45, 7) is 3.48. The standard InChI is InChI=1S/C22H36F3NO/c1-3-4-5-6-17-7-9-18(10-8-17)19-11-13-20(14-12-19)26-21(27)16(2)15-22(23,24)25/h15,17-20H,3-14H2,1-2H3,(H,26,27)/b16-15+. The van der Waals surface area contributed by atoms with Crippen LogP contribution in [-0.2, 0) is 4.79 Å². The number of unbranched alkanes of at least 4 members (excludes halogenated alkanes) is 2. The van der Waals surface area contributed by atoms with Crippen molar-refractivity contribution in [1.29, 1.82) is 0 Å². The predicted molar refractivity (Wildman–Crippen MR) is 103 cm³/mol. The molecule has 1 amide bonds. The van der Waals surface area contributed by atoms with E-state index in [1.165, 1.54) is 58.3 Å². The fraction of sp³-hybridized carbons (Fsp3) is 0.864. The number of halogens is 3. The van der Waals surface area contributed by atoms with Crippen molar-refractivity contribution in [3.63, 3.8) is 0 Å². The summed E-state index contributed by atoms with van der Waals surface area (Å²) < 4.78 is 37.1. The number of alkyl halides is 3. The topological polar surface area (TPSA) is 29.1 Å². The van der Waals surface area contributed by atoms with Gasteiger partial charge >= 0.3 is 6.18 Å². The molecule has 0 aromatic carbocycles. The molecule has 0 bridgehead atoms. The second-order valence-corrected chi connectivity index (χ2v) is 8.73. The van der Waals surface area contributed by atoms with E-state index in [0.29, 0.717) is 0 Å². The molecule has 0 aromatic rings. The second-order valence-electron chi connectivity index (χ2n) is 8.73. The Hall–Kier alpha value is -1.00. The Morgan fingerprint density at radius 3 is 2.04 bits per heavy atom. The van der Waals surface area contributed by atoms with Gasteiger partial charge in [0.15, 0.2) is 0 Å². The highest BCUT2D eigenvalue weighted by molar-refractivity contribution is 5.93. The van der Waals surface area contributed by atoms with Crippen LogP contribution in [0.15, 0.2) is 11.6 Å². The Morgan fingerprint density at radius 2 is 1.52 bits per heavy atom. The summed E-state index contributed by atoms with van der Waals surface area (Å²) in [5, 5.41) is 2.79. The van der Waals surface area contributed by atoms with Gasteiger partial charge in [-0.2, -0.15) is 13.2 Å². The Labute approximate surface area is 162 Å². The smallest absolute Gasteiger partial charge is 0.350 e. The van der Waals surface area contributed by atoms with Crippen molar-refractivity contribution in [3.05, 3.63) is 11.6 Å². The Bertz CT molecular complexity index is 484. The van der Waals surface area contributed by atoms with E-state index >= 15 is 0 Å². The molecule has 0 unspecified atom stereocenters. The molecule has 2 aliphatic rings. The molecule has 5 heteroatoms. The van der Waals surface area contributed by atoms with E-state index in [4.69, 9.17) is 0 Å². The first kappa shape index (κ1) is 22.3. The number of nitrogens with one attached hydrogen (secondary N) is 1. The van der Waals surface area contributed by atoms with Crippen molar-refractivity contribution >= 4 is 5.91 Å². The maximum atomic E-state index is 12.4. The van der Waals surface area contributed by atoms with E-state index in [-0.39, 0.29) is 17.7 Å². The summed E-state index contributed by atoms with van der Waals surface area (Å²) in [5.74, 6) is 1.90. The fourth-order valence-corrected chi connectivity index (χ4v) is 4.98. The van der Waals surface area contributed by atoms with E-state index in [1.807, 2.05) is 0 Å². The van der Waals surface area contributed by atoms with Crippen LogP contribution in [-0.4, -0.2) is 18.1 Å². The van der Waals surface area contributed by atoms with Gasteiger partial charge in [-0.05, 0) is 63.2 Å². The molecule has 0 heterocycles. The van der Waals surface area contributed by atoms with Gasteiger partial charge < -0.3 is 5.32 Å². The van der Waals surface area contributed by atoms with Gasteiger partial charge in [0.25, 0.3) is 0 Å². The van der Waals surface area contributed by atoms with Crippen LogP contribution in [0, 0.1) is 17.8 Å². The second kappa shape index (κ2) is 10.5. The first-order valence-electron chi connectivity index (χ1n) is 10.9. The van der Waals surface area contributed by atoms with Crippen LogP contribution in [0.3, 0.4) is 0 Å². The van der Waals surface area contributed by atoms with Gasteiger partial charge in [0.1, 0.15) is 0 Å². The lowest BCUT2D eigenvalue weighted by Gasteiger charge is -2.38. The van der Waals surface area contributed by atoms with Crippen molar-refractivity contribution in [1.82, 2.24) is 5.32 Å². The Balaban J connectivity index is 1.69. The zero-order valence-corrected chi connectivity index (χ0v) is 16.9. The third-order valence-corrected chi connectivity index (χ3v) is 6.62. The molecule has 2 aliphatic carbocycles. The number of hydrogen-bond acceptors (Lipinski definition) is 1. The molecule has 0 spiro atoms. The van der Waals surface area contributed by atoms with Gasteiger partial charge in [0, 0.05) is 17.7 Å². The molecule has 1 N–H and O–H groups in total. The van der Waals surface area contributed by atoms with Gasteiger partial charge in [0.2, 0.25) is 5.91 Å². The van der Waals surface area contributed by atoms with E-state index < -0.39 is 12.1 Å². The molecule has 2 rings (SSSR count). The van der Waals surface area contributed by atoms with Gasteiger partial charge in [-0.25, -0.2) is 0 Å². The average molecular weight is 388 g/mol. The molecule has 0 atom stereocenters. The minimum absolute atomic E-state index is 0.0238. The Morgan fingerprint density at radius 1 is 0.963 bits per heavy atom. The van der Waals surface area contributed by atoms with Crippen LogP contribution in [0.2, 0.25) is 0 Å². The van der Waals surface area contributed by atoms with E-state index in [9.17, 15) is 18.0 Å². The molecule has 2 fully saturated rings. The van der Waals surface area contributed by atoms with Crippen molar-refractivity contribution in [2.24, 2.45) is 17.8 Å². The number of rotatable bonds is 7. The predicted octanol–water partition coefficient (Wildman–Crippen LogP) is 6.56. The number of amides is 1. The SMILES string of the molecule is CCCCCC1CCC(C2CCC(NC(=O)/C(C)=C/C(F)(F)F)CC2)CC1. The summed E-state index contributed by atoms with van der Waals surface area (Å²) >= 11 is 0. The van der Waals surface area contributed by atoms with Crippen LogP contribution < -0.4 is 5.32 Å². The highest BCUT2D eigenvalue weighted by Gasteiger charge is 2.31. The molecular weight excluding hydrogens is 351 g/mol. The zero-order valence-electron chi connectivity index (χ0n) is 16.9. The van der Waals surface area contributed by atoms with Gasteiger partial charge in [-0.1, -0.05) is 45.4 Å². The van der Waals surface area contributed by atoms with Crippen LogP contribution in [0.1, 0.15) is 90.9 Å². The van der Waals surface area contributed by atoms with Crippen LogP contribution in [0.25, 0.3) is 0 Å². The highest BCUT2D eigenvalue weighted by Crippen LogP contribution is 2.41. The number of carbonyl (C=O) groups is 1. The highest BCUT2D eigenvalue weighted by atomic mass is 19.4. The zero-order chi connectivity index (χ0) is 19.9. The van der Waals surface area contributed by atoms with Gasteiger partial charge in [0.05, 0.1) is 0 Å². The van der Waals surface area contributed by atoms with Crippen molar-refractivity contribution in [2.45, 2.75) is 103 Å². The molecular formula is C22H36F3NO. The van der Waals surface area contributed by atoms with Crippen LogP contribution in [0.4, 0.5) is 13.2 Å². The van der Waals surface area contributed by atoms with Crippen molar-refractivity contribution in [3.8, 4) is 0 Å². The molecule has 2 saturated carbocycles. The van der Waals surface area contributed by atoms with Gasteiger partial charge in [-0.15, -0.1) is 0 Å². The lowest BCUT2D eigenvalue weighted by molar-refractivity contribution is -0.119. The normalized spacial score (nSPS) is 30.2. The summed E-state index contributed by atoms with van der Waals surface area (Å²) in [7, 11) is 0. The molecule has 27 heavy (non-hydrogen) atoms. The summed E-state index contributed by atoms with van der Waals surface area (Å²) in [6.07, 6.45) is 10.5. The quantitative estimate of drug-likeness (QED) is 0.389. The number of allylic oxidation sites excluding steroid dienone is 1. The first-order chi connectivity index (χ1) is 12.8. The molecule has 0 saturated heterocycles. The lowest BCUT2D eigenvalue weighted by atomic mass is 9.69. The minimum Gasteiger partial charge on any atom is -0.350 e. The van der Waals surface area contributed by atoms with Crippen molar-refractivity contribution in [2.75, 3.05) is 0 Å². The molecule has 156 valence electrons. The van der Waals surface area contributed by atoms with Crippen molar-refractivity contribution < 1.29 is 18.0 Å². The lowest BCUT2D eigenvalue weighted by Crippen LogP contribution is -2.39. The van der Waals surface area contributed by atoms with E-state index in [2.05, 4.69) is 12.2 Å². The third kappa shape index (κ3) is 7.87. The fourth-order valence-electron chi connectivity index (χ4n) is 4.98. The first-order valence-corrected chi connectivity index (χ1v) is 10.9. The summed E-state index contributed by atoms with van der Waals surface area (Å²) in [4.78, 5) is 11.9. The molecule has 0 aromatic heterocycles. The largest absolute Gasteiger partial charge is 0.410 e. The molecule has 0 radical (unpaired) electrons. The molecule has 0 aliphatic heterocycles. The Kier molecular flexibility index (Phi) is 8.68. The average Bonchev–Trinajstić information content (AvgIpc) is 2.62. The summed E-state index contributed by atoms with van der Waals surface area (Å²) in [6, 6.07) is 0.0238. The van der Waals surface area contributed by atoms with Crippen LogP contribution in [0.5, 0.6) is 0 Å². The monoisotopic (exact) mass is 387 g/mol. The minimum atomic E-state index is -4.44. The molecule has 2 nitrogen and oxygen atoms in total. The van der Waals surface area contributed by atoms with Gasteiger partial charge in [-0.3, -0.25) is 4.79 Å². The third-order valence-electron chi connectivity index (χ3n) is 6.62. The summed E-state index contributed by atoms with van der Waals surface area (Å²) in [5.41, 5.74) is -0.258. The van der Waals surface area contributed by atoms with Crippen LogP contribution >= 0.6 is 0 Å². The number of hydrogen-bond donors (Lipinski definition) is 1. The maximum absolute atomic E-state index is 12.4. The van der Waals surface area contributed by atoms with E-state index in [1.54, 1.807) is 0 Å².